The molecule has 0 unspecified atom stereocenters. The molecule has 0 aromatic heterocycles. The van der Waals surface area contributed by atoms with Gasteiger partial charge in [-0.1, -0.05) is 59.1 Å². The fourth-order valence-electron chi connectivity index (χ4n) is 5.01. The van der Waals surface area contributed by atoms with E-state index in [-0.39, 0.29) is 0 Å². The third-order valence-corrected chi connectivity index (χ3v) is 7.90. The van der Waals surface area contributed by atoms with Gasteiger partial charge in [0, 0.05) is 66.6 Å². The normalized spacial score (nSPS) is 20.8. The first-order valence-corrected chi connectivity index (χ1v) is 13.7. The highest BCUT2D eigenvalue weighted by molar-refractivity contribution is 6.35. The maximum atomic E-state index is 6.49. The van der Waals surface area contributed by atoms with Crippen molar-refractivity contribution in [1.82, 2.24) is 14.8 Å². The summed E-state index contributed by atoms with van der Waals surface area (Å²) >= 11 is 19.0. The maximum absolute atomic E-state index is 6.49. The number of piperazine rings is 1. The Morgan fingerprint density at radius 3 is 2.39 bits per heavy atom. The summed E-state index contributed by atoms with van der Waals surface area (Å²) in [6, 6.07) is 13.8. The first-order chi connectivity index (χ1) is 17.6. The van der Waals surface area contributed by atoms with Gasteiger partial charge in [-0.2, -0.15) is 5.10 Å². The number of hydrazone groups is 1. The van der Waals surface area contributed by atoms with Crippen molar-refractivity contribution in [2.45, 2.75) is 19.4 Å². The molecule has 2 aromatic carbocycles. The van der Waals surface area contributed by atoms with Crippen LogP contribution in [0.1, 0.15) is 24.0 Å². The van der Waals surface area contributed by atoms with E-state index in [1.807, 2.05) is 30.3 Å². The topological polar surface area (TPSA) is 31.3 Å². The van der Waals surface area contributed by atoms with Crippen LogP contribution in [-0.2, 0) is 11.3 Å². The zero-order valence-corrected chi connectivity index (χ0v) is 22.6. The second-order valence-corrected chi connectivity index (χ2v) is 10.6. The van der Waals surface area contributed by atoms with E-state index in [2.05, 4.69) is 33.2 Å². The van der Waals surface area contributed by atoms with Gasteiger partial charge < -0.3 is 9.64 Å². The van der Waals surface area contributed by atoms with E-state index in [1.165, 1.54) is 22.4 Å². The molecule has 0 saturated carbocycles. The van der Waals surface area contributed by atoms with Gasteiger partial charge in [0.05, 0.1) is 19.4 Å². The Bertz CT molecular complexity index is 1170. The summed E-state index contributed by atoms with van der Waals surface area (Å²) in [7, 11) is 0. The third kappa shape index (κ3) is 6.27. The van der Waals surface area contributed by atoms with E-state index in [4.69, 9.17) is 44.6 Å². The van der Waals surface area contributed by atoms with Crippen LogP contribution in [0.2, 0.25) is 15.1 Å². The van der Waals surface area contributed by atoms with Crippen molar-refractivity contribution in [1.29, 1.82) is 0 Å². The van der Waals surface area contributed by atoms with Crippen LogP contribution in [0.25, 0.3) is 6.08 Å². The SMILES string of the molecule is Clc1ccc(/C=C2/CCC(/C=N/N3CCN(Cc4ccccc4Cl)CC3)=C2N2CCOCC2)c(Cl)c1. The molecular formula is C28H31Cl3N4O. The van der Waals surface area contributed by atoms with Crippen LogP contribution in [0.4, 0.5) is 0 Å². The lowest BCUT2D eigenvalue weighted by molar-refractivity contribution is 0.0548. The van der Waals surface area contributed by atoms with Crippen LogP contribution in [0.5, 0.6) is 0 Å². The molecule has 0 spiro atoms. The molecule has 5 rings (SSSR count). The Hall–Kier alpha value is -2.02. The van der Waals surface area contributed by atoms with Gasteiger partial charge in [-0.05, 0) is 59.4 Å². The monoisotopic (exact) mass is 544 g/mol. The Morgan fingerprint density at radius 1 is 0.861 bits per heavy atom. The fraction of sp³-hybridized carbons (Fsp3) is 0.393. The number of morpholine rings is 1. The van der Waals surface area contributed by atoms with E-state index in [1.54, 1.807) is 6.07 Å². The number of benzene rings is 2. The Kier molecular flexibility index (Phi) is 8.55. The zero-order valence-electron chi connectivity index (χ0n) is 20.3. The van der Waals surface area contributed by atoms with E-state index < -0.39 is 0 Å². The van der Waals surface area contributed by atoms with Gasteiger partial charge >= 0.3 is 0 Å². The Morgan fingerprint density at radius 2 is 1.64 bits per heavy atom. The lowest BCUT2D eigenvalue weighted by Crippen LogP contribution is -2.43. The highest BCUT2D eigenvalue weighted by Gasteiger charge is 2.26. The third-order valence-electron chi connectivity index (χ3n) is 6.97. The molecule has 5 nitrogen and oxygen atoms in total. The van der Waals surface area contributed by atoms with Gasteiger partial charge in [0.15, 0.2) is 0 Å². The standard InChI is InChI=1S/C28H31Cl3N4O/c29-25-8-7-21(27(31)18-25)17-22-5-6-23(28(22)34-13-15-36-16-14-34)19-32-35-11-9-33(10-12-35)20-24-3-1-2-4-26(24)30/h1-4,7-8,17-19H,5-6,9-16,20H2/b22-17-,32-19+. The molecule has 0 amide bonds. The second kappa shape index (κ2) is 12.0. The van der Waals surface area contributed by atoms with E-state index in [0.717, 1.165) is 82.5 Å². The van der Waals surface area contributed by atoms with Gasteiger partial charge in [-0.15, -0.1) is 0 Å². The molecular weight excluding hydrogens is 515 g/mol. The van der Waals surface area contributed by atoms with Crippen molar-refractivity contribution < 1.29 is 4.74 Å². The zero-order chi connectivity index (χ0) is 24.9. The Labute approximate surface area is 228 Å². The van der Waals surface area contributed by atoms with Crippen molar-refractivity contribution in [2.24, 2.45) is 5.10 Å². The number of hydrogen-bond acceptors (Lipinski definition) is 5. The van der Waals surface area contributed by atoms with Crippen molar-refractivity contribution in [3.8, 4) is 0 Å². The summed E-state index contributed by atoms with van der Waals surface area (Å²) in [4.78, 5) is 4.88. The highest BCUT2D eigenvalue weighted by Crippen LogP contribution is 2.36. The molecule has 190 valence electrons. The molecule has 0 N–H and O–H groups in total. The minimum absolute atomic E-state index is 0.650. The average Bonchev–Trinajstić information content (AvgIpc) is 3.29. The number of ether oxygens (including phenoxy) is 1. The van der Waals surface area contributed by atoms with Crippen LogP contribution in [0.3, 0.4) is 0 Å². The first kappa shape index (κ1) is 25.6. The summed E-state index contributed by atoms with van der Waals surface area (Å²) in [5.74, 6) is 0. The molecule has 0 atom stereocenters. The van der Waals surface area contributed by atoms with Crippen molar-refractivity contribution in [3.63, 3.8) is 0 Å². The number of allylic oxidation sites excluding steroid dienone is 2. The number of rotatable bonds is 6. The molecule has 36 heavy (non-hydrogen) atoms. The van der Waals surface area contributed by atoms with Crippen LogP contribution in [-0.4, -0.2) is 73.5 Å². The van der Waals surface area contributed by atoms with Gasteiger partial charge in [0.2, 0.25) is 0 Å². The van der Waals surface area contributed by atoms with Gasteiger partial charge in [0.1, 0.15) is 0 Å². The van der Waals surface area contributed by atoms with Gasteiger partial charge in [-0.3, -0.25) is 9.91 Å². The minimum atomic E-state index is 0.650. The van der Waals surface area contributed by atoms with Crippen molar-refractivity contribution in [2.75, 3.05) is 52.5 Å². The predicted molar refractivity (Wildman–Crippen MR) is 150 cm³/mol. The molecule has 1 aliphatic carbocycles. The van der Waals surface area contributed by atoms with E-state index >= 15 is 0 Å². The maximum Gasteiger partial charge on any atom is 0.0642 e. The molecule has 8 heteroatoms. The van der Waals surface area contributed by atoms with Crippen LogP contribution < -0.4 is 0 Å². The molecule has 2 aromatic rings. The summed E-state index contributed by atoms with van der Waals surface area (Å²) in [5, 5.41) is 9.26. The van der Waals surface area contributed by atoms with Crippen LogP contribution in [0.15, 0.2) is 64.4 Å². The predicted octanol–water partition coefficient (Wildman–Crippen LogP) is 6.21. The molecule has 3 aliphatic rings. The largest absolute Gasteiger partial charge is 0.378 e. The van der Waals surface area contributed by atoms with Crippen molar-refractivity contribution >= 4 is 47.1 Å². The van der Waals surface area contributed by atoms with E-state index in [0.29, 0.717) is 10.0 Å². The second-order valence-electron chi connectivity index (χ2n) is 9.37. The van der Waals surface area contributed by atoms with Gasteiger partial charge in [-0.25, -0.2) is 0 Å². The van der Waals surface area contributed by atoms with E-state index in [9.17, 15) is 0 Å². The molecule has 2 fully saturated rings. The molecule has 0 bridgehead atoms. The lowest BCUT2D eigenvalue weighted by Gasteiger charge is -2.33. The lowest BCUT2D eigenvalue weighted by atomic mass is 10.1. The average molecular weight is 546 g/mol. The first-order valence-electron chi connectivity index (χ1n) is 12.5. The number of nitrogens with zero attached hydrogens (tertiary/aromatic N) is 4. The quantitative estimate of drug-likeness (QED) is 0.404. The summed E-state index contributed by atoms with van der Waals surface area (Å²) in [6.45, 7) is 7.90. The number of hydrogen-bond donors (Lipinski definition) is 0. The summed E-state index contributed by atoms with van der Waals surface area (Å²) in [5.41, 5.74) is 6.04. The van der Waals surface area contributed by atoms with Crippen molar-refractivity contribution in [3.05, 3.63) is 85.5 Å². The smallest absolute Gasteiger partial charge is 0.0642 e. The van der Waals surface area contributed by atoms with Crippen LogP contribution in [0, 0.1) is 0 Å². The molecule has 2 saturated heterocycles. The fourth-order valence-corrected chi connectivity index (χ4v) is 5.67. The molecule has 2 heterocycles. The number of halogens is 3. The Balaban J connectivity index is 1.29. The summed E-state index contributed by atoms with van der Waals surface area (Å²) in [6.07, 6.45) is 6.23. The highest BCUT2D eigenvalue weighted by atomic mass is 35.5. The molecule has 0 radical (unpaired) electrons. The minimum Gasteiger partial charge on any atom is -0.378 e. The van der Waals surface area contributed by atoms with Gasteiger partial charge in [0.25, 0.3) is 0 Å². The summed E-state index contributed by atoms with van der Waals surface area (Å²) < 4.78 is 5.62. The molecule has 2 aliphatic heterocycles. The van der Waals surface area contributed by atoms with Crippen LogP contribution >= 0.6 is 34.8 Å².